The van der Waals surface area contributed by atoms with E-state index in [4.69, 9.17) is 4.74 Å². The normalized spacial score (nSPS) is 19.4. The average Bonchev–Trinajstić information content (AvgIpc) is 2.47. The third-order valence-corrected chi connectivity index (χ3v) is 4.01. The fourth-order valence-electron chi connectivity index (χ4n) is 2.37. The van der Waals surface area contributed by atoms with Crippen LogP contribution in [-0.4, -0.2) is 62.1 Å². The minimum atomic E-state index is 0.239. The summed E-state index contributed by atoms with van der Waals surface area (Å²) in [6.45, 7) is 6.15. The van der Waals surface area contributed by atoms with Gasteiger partial charge in [-0.1, -0.05) is 6.92 Å². The molecule has 1 aromatic heterocycles. The van der Waals surface area contributed by atoms with Gasteiger partial charge in [0.05, 0.1) is 24.9 Å². The minimum absolute atomic E-state index is 0.239. The molecule has 0 aliphatic carbocycles. The lowest BCUT2D eigenvalue weighted by Gasteiger charge is -2.39. The van der Waals surface area contributed by atoms with E-state index in [9.17, 15) is 4.79 Å². The van der Waals surface area contributed by atoms with E-state index in [-0.39, 0.29) is 6.04 Å². The monoisotopic (exact) mass is 341 g/mol. The number of halogens is 1. The predicted octanol–water partition coefficient (Wildman–Crippen LogP) is 1.81. The first-order chi connectivity index (χ1) is 9.65. The molecule has 1 atom stereocenters. The summed E-state index contributed by atoms with van der Waals surface area (Å²) in [6.07, 6.45) is 2.47. The predicted molar refractivity (Wildman–Crippen MR) is 82.4 cm³/mol. The Bertz CT molecular complexity index is 470. The van der Waals surface area contributed by atoms with Crippen LogP contribution in [0.2, 0.25) is 0 Å². The number of carbonyl (C=O) groups is 1. The molecule has 0 aromatic carbocycles. The average molecular weight is 342 g/mol. The number of likely N-dealkylation sites (N-methyl/N-ethyl adjacent to an activating group) is 1. The number of aldehydes is 1. The number of pyridine rings is 1. The van der Waals surface area contributed by atoms with Crippen molar-refractivity contribution < 1.29 is 9.53 Å². The van der Waals surface area contributed by atoms with E-state index in [1.165, 1.54) is 0 Å². The second kappa shape index (κ2) is 7.15. The van der Waals surface area contributed by atoms with E-state index >= 15 is 0 Å². The highest BCUT2D eigenvalue weighted by Gasteiger charge is 2.26. The first-order valence-electron chi connectivity index (χ1n) is 6.79. The molecule has 1 unspecified atom stereocenters. The number of aromatic nitrogens is 1. The van der Waals surface area contributed by atoms with Crippen molar-refractivity contribution in [2.75, 3.05) is 44.8 Å². The smallest absolute Gasteiger partial charge is 0.170 e. The van der Waals surface area contributed by atoms with Crippen molar-refractivity contribution in [1.29, 1.82) is 0 Å². The lowest BCUT2D eigenvalue weighted by molar-refractivity contribution is 0.0831. The van der Waals surface area contributed by atoms with Crippen LogP contribution in [0, 0.1) is 0 Å². The number of ether oxygens (including phenoxy) is 1. The summed E-state index contributed by atoms with van der Waals surface area (Å²) in [5.41, 5.74) is 1.37. The Balaban J connectivity index is 2.27. The van der Waals surface area contributed by atoms with Crippen LogP contribution in [0.25, 0.3) is 0 Å². The Labute approximate surface area is 128 Å². The highest BCUT2D eigenvalue weighted by atomic mass is 79.9. The number of hydrogen-bond acceptors (Lipinski definition) is 5. The SMILES string of the molecule is CCN(C)CC1COCCN1c1cc(Br)cnc1C=O. The van der Waals surface area contributed by atoms with Crippen molar-refractivity contribution in [3.05, 3.63) is 22.4 Å². The van der Waals surface area contributed by atoms with Crippen molar-refractivity contribution >= 4 is 27.9 Å². The van der Waals surface area contributed by atoms with Gasteiger partial charge in [-0.15, -0.1) is 0 Å². The van der Waals surface area contributed by atoms with Gasteiger partial charge in [-0.2, -0.15) is 0 Å². The fraction of sp³-hybridized carbons (Fsp3) is 0.571. The van der Waals surface area contributed by atoms with Crippen molar-refractivity contribution in [3.8, 4) is 0 Å². The second-order valence-electron chi connectivity index (χ2n) is 4.95. The maximum Gasteiger partial charge on any atom is 0.170 e. The van der Waals surface area contributed by atoms with E-state index < -0.39 is 0 Å². The van der Waals surface area contributed by atoms with Crippen LogP contribution in [0.1, 0.15) is 17.4 Å². The molecule has 0 saturated carbocycles. The zero-order chi connectivity index (χ0) is 14.5. The molecule has 1 saturated heterocycles. The van der Waals surface area contributed by atoms with Gasteiger partial charge in [-0.3, -0.25) is 9.78 Å². The Morgan fingerprint density at radius 2 is 2.45 bits per heavy atom. The number of hydrogen-bond donors (Lipinski definition) is 0. The Morgan fingerprint density at radius 3 is 3.15 bits per heavy atom. The number of rotatable bonds is 5. The fourth-order valence-corrected chi connectivity index (χ4v) is 2.69. The van der Waals surface area contributed by atoms with E-state index in [1.54, 1.807) is 6.20 Å². The number of nitrogens with zero attached hydrogens (tertiary/aromatic N) is 3. The largest absolute Gasteiger partial charge is 0.377 e. The van der Waals surface area contributed by atoms with E-state index in [2.05, 4.69) is 44.7 Å². The molecule has 0 radical (unpaired) electrons. The molecule has 6 heteroatoms. The maximum absolute atomic E-state index is 11.2. The lowest BCUT2D eigenvalue weighted by atomic mass is 10.1. The van der Waals surface area contributed by atoms with Crippen LogP contribution in [0.15, 0.2) is 16.7 Å². The van der Waals surface area contributed by atoms with Gasteiger partial charge in [0.2, 0.25) is 0 Å². The molecule has 5 nitrogen and oxygen atoms in total. The van der Waals surface area contributed by atoms with Crippen molar-refractivity contribution in [2.45, 2.75) is 13.0 Å². The maximum atomic E-state index is 11.2. The second-order valence-corrected chi connectivity index (χ2v) is 5.87. The molecule has 1 aliphatic rings. The van der Waals surface area contributed by atoms with Crippen LogP contribution in [0.3, 0.4) is 0 Å². The molecule has 1 fully saturated rings. The molecular formula is C14H20BrN3O2. The molecular weight excluding hydrogens is 322 g/mol. The molecule has 20 heavy (non-hydrogen) atoms. The minimum Gasteiger partial charge on any atom is -0.377 e. The number of carbonyl (C=O) groups excluding carboxylic acids is 1. The van der Waals surface area contributed by atoms with Crippen molar-refractivity contribution in [3.63, 3.8) is 0 Å². The molecule has 0 amide bonds. The molecule has 110 valence electrons. The van der Waals surface area contributed by atoms with Crippen LogP contribution in [0.5, 0.6) is 0 Å². The third-order valence-electron chi connectivity index (χ3n) is 3.57. The summed E-state index contributed by atoms with van der Waals surface area (Å²) in [4.78, 5) is 19.9. The van der Waals surface area contributed by atoms with Crippen molar-refractivity contribution in [2.24, 2.45) is 0 Å². The summed E-state index contributed by atoms with van der Waals surface area (Å²) < 4.78 is 6.48. The van der Waals surface area contributed by atoms with Gasteiger partial charge in [-0.05, 0) is 35.6 Å². The first-order valence-corrected chi connectivity index (χ1v) is 7.58. The zero-order valence-electron chi connectivity index (χ0n) is 11.9. The summed E-state index contributed by atoms with van der Waals surface area (Å²) in [6, 6.07) is 2.20. The first kappa shape index (κ1) is 15.4. The summed E-state index contributed by atoms with van der Waals surface area (Å²) in [5, 5.41) is 0. The quantitative estimate of drug-likeness (QED) is 0.764. The highest BCUT2D eigenvalue weighted by molar-refractivity contribution is 9.10. The summed E-state index contributed by atoms with van der Waals surface area (Å²) >= 11 is 3.43. The standard InChI is InChI=1S/C14H20BrN3O2/c1-3-17(2)8-12-10-20-5-4-18(12)14-6-11(15)7-16-13(14)9-19/h6-7,9,12H,3-5,8,10H2,1-2H3. The van der Waals surface area contributed by atoms with Gasteiger partial charge in [0.15, 0.2) is 6.29 Å². The van der Waals surface area contributed by atoms with Crippen molar-refractivity contribution in [1.82, 2.24) is 9.88 Å². The van der Waals surface area contributed by atoms with Crippen LogP contribution >= 0.6 is 15.9 Å². The number of morpholine rings is 1. The number of anilines is 1. The van der Waals surface area contributed by atoms with Crippen LogP contribution in [0.4, 0.5) is 5.69 Å². The lowest BCUT2D eigenvalue weighted by Crippen LogP contribution is -2.51. The van der Waals surface area contributed by atoms with Crippen LogP contribution < -0.4 is 4.90 Å². The van der Waals surface area contributed by atoms with Gasteiger partial charge < -0.3 is 14.5 Å². The Kier molecular flexibility index (Phi) is 5.51. The summed E-state index contributed by atoms with van der Waals surface area (Å²) in [5.74, 6) is 0. The molecule has 0 N–H and O–H groups in total. The molecule has 0 spiro atoms. The summed E-state index contributed by atoms with van der Waals surface area (Å²) in [7, 11) is 2.09. The third kappa shape index (κ3) is 3.56. The molecule has 1 aromatic rings. The van der Waals surface area contributed by atoms with E-state index in [0.29, 0.717) is 18.9 Å². The van der Waals surface area contributed by atoms with Gasteiger partial charge in [-0.25, -0.2) is 0 Å². The van der Waals surface area contributed by atoms with E-state index in [1.807, 2.05) is 6.07 Å². The Morgan fingerprint density at radius 1 is 1.65 bits per heavy atom. The van der Waals surface area contributed by atoms with Gasteiger partial charge in [0.1, 0.15) is 5.69 Å². The van der Waals surface area contributed by atoms with Gasteiger partial charge in [0, 0.05) is 23.8 Å². The topological polar surface area (TPSA) is 45.7 Å². The molecule has 2 heterocycles. The molecule has 1 aliphatic heterocycles. The highest BCUT2D eigenvalue weighted by Crippen LogP contribution is 2.25. The van der Waals surface area contributed by atoms with E-state index in [0.717, 1.165) is 36.1 Å². The van der Waals surface area contributed by atoms with Gasteiger partial charge in [0.25, 0.3) is 0 Å². The zero-order valence-corrected chi connectivity index (χ0v) is 13.5. The molecule has 2 rings (SSSR count). The van der Waals surface area contributed by atoms with Crippen LogP contribution in [-0.2, 0) is 4.74 Å². The van der Waals surface area contributed by atoms with Gasteiger partial charge >= 0.3 is 0 Å². The molecule has 0 bridgehead atoms. The Hall–Kier alpha value is -0.980.